The maximum Gasteiger partial charge on any atom is 0.243 e. The van der Waals surface area contributed by atoms with Gasteiger partial charge in [0.25, 0.3) is 0 Å². The molecule has 1 N–H and O–H groups in total. The SMILES string of the molecule is CCOc1ccc(S(=O)(=O)N(CC)CC(=O)NCCc2ccc(S(=O)(=O)N3CCCC3)cc2)cc1. The predicted octanol–water partition coefficient (Wildman–Crippen LogP) is 2.24. The van der Waals surface area contributed by atoms with Crippen LogP contribution < -0.4 is 10.1 Å². The first-order valence-electron chi connectivity index (χ1n) is 11.8. The molecule has 192 valence electrons. The first-order valence-corrected chi connectivity index (χ1v) is 14.6. The Bertz CT molecular complexity index is 1190. The number of ether oxygens (including phenoxy) is 1. The molecule has 0 radical (unpaired) electrons. The Balaban J connectivity index is 1.52. The van der Waals surface area contributed by atoms with Gasteiger partial charge < -0.3 is 10.1 Å². The van der Waals surface area contributed by atoms with Crippen LogP contribution in [-0.4, -0.2) is 70.7 Å². The minimum absolute atomic E-state index is 0.0968. The summed E-state index contributed by atoms with van der Waals surface area (Å²) in [7, 11) is -7.28. The molecule has 2 aromatic carbocycles. The highest BCUT2D eigenvalue weighted by atomic mass is 32.2. The molecule has 3 rings (SSSR count). The summed E-state index contributed by atoms with van der Waals surface area (Å²) in [6.07, 6.45) is 2.26. The van der Waals surface area contributed by atoms with Crippen LogP contribution in [0.15, 0.2) is 58.3 Å². The van der Waals surface area contributed by atoms with E-state index in [0.717, 1.165) is 22.7 Å². The van der Waals surface area contributed by atoms with Crippen molar-refractivity contribution in [2.45, 2.75) is 42.9 Å². The second kappa shape index (κ2) is 12.0. The van der Waals surface area contributed by atoms with Gasteiger partial charge in [0.1, 0.15) is 5.75 Å². The summed E-state index contributed by atoms with van der Waals surface area (Å²) in [6, 6.07) is 12.8. The third-order valence-corrected chi connectivity index (χ3v) is 9.66. The van der Waals surface area contributed by atoms with Gasteiger partial charge in [0, 0.05) is 26.2 Å². The molecule has 0 saturated carbocycles. The molecule has 11 heteroatoms. The van der Waals surface area contributed by atoms with Gasteiger partial charge in [-0.2, -0.15) is 8.61 Å². The average molecular weight is 524 g/mol. The lowest BCUT2D eigenvalue weighted by Crippen LogP contribution is -2.41. The number of amides is 1. The lowest BCUT2D eigenvalue weighted by molar-refractivity contribution is -0.121. The molecule has 0 atom stereocenters. The Morgan fingerprint density at radius 1 is 0.943 bits per heavy atom. The number of nitrogens with one attached hydrogen (secondary N) is 1. The number of sulfonamides is 2. The van der Waals surface area contributed by atoms with Crippen LogP contribution in [-0.2, 0) is 31.3 Å². The number of rotatable bonds is 12. The second-order valence-corrected chi connectivity index (χ2v) is 12.1. The van der Waals surface area contributed by atoms with Crippen LogP contribution in [0.1, 0.15) is 32.3 Å². The van der Waals surface area contributed by atoms with E-state index in [0.29, 0.717) is 38.4 Å². The molecule has 1 fully saturated rings. The van der Waals surface area contributed by atoms with E-state index in [-0.39, 0.29) is 22.9 Å². The van der Waals surface area contributed by atoms with Gasteiger partial charge in [-0.25, -0.2) is 16.8 Å². The first-order chi connectivity index (χ1) is 16.7. The summed E-state index contributed by atoms with van der Waals surface area (Å²) < 4.78 is 59.1. The van der Waals surface area contributed by atoms with Crippen molar-refractivity contribution >= 4 is 26.0 Å². The normalized spacial score (nSPS) is 14.8. The second-order valence-electron chi connectivity index (χ2n) is 8.19. The van der Waals surface area contributed by atoms with Gasteiger partial charge in [-0.1, -0.05) is 19.1 Å². The molecular weight excluding hydrogens is 490 g/mol. The fourth-order valence-electron chi connectivity index (χ4n) is 3.86. The summed E-state index contributed by atoms with van der Waals surface area (Å²) in [5.41, 5.74) is 0.875. The van der Waals surface area contributed by atoms with Crippen molar-refractivity contribution in [3.63, 3.8) is 0 Å². The van der Waals surface area contributed by atoms with E-state index in [1.165, 1.54) is 16.4 Å². The Morgan fingerprint density at radius 2 is 1.54 bits per heavy atom. The topological polar surface area (TPSA) is 113 Å². The van der Waals surface area contributed by atoms with Crippen LogP contribution in [0.3, 0.4) is 0 Å². The van der Waals surface area contributed by atoms with Gasteiger partial charge in [-0.15, -0.1) is 0 Å². The smallest absolute Gasteiger partial charge is 0.243 e. The van der Waals surface area contributed by atoms with Gasteiger partial charge in [0.2, 0.25) is 26.0 Å². The van der Waals surface area contributed by atoms with Crippen LogP contribution in [0, 0.1) is 0 Å². The fraction of sp³-hybridized carbons (Fsp3) is 0.458. The molecule has 1 aliphatic rings. The molecule has 35 heavy (non-hydrogen) atoms. The maximum absolute atomic E-state index is 12.9. The zero-order valence-corrected chi connectivity index (χ0v) is 21.8. The molecular formula is C24H33N3O6S2. The van der Waals surface area contributed by atoms with Gasteiger partial charge in [0.15, 0.2) is 0 Å². The molecule has 0 aliphatic carbocycles. The monoisotopic (exact) mass is 523 g/mol. The number of likely N-dealkylation sites (N-methyl/N-ethyl adjacent to an activating group) is 1. The molecule has 2 aromatic rings. The van der Waals surface area contributed by atoms with Crippen LogP contribution in [0.5, 0.6) is 5.75 Å². The zero-order valence-electron chi connectivity index (χ0n) is 20.1. The van der Waals surface area contributed by atoms with Crippen molar-refractivity contribution in [2.75, 3.05) is 39.3 Å². The number of hydrogen-bond acceptors (Lipinski definition) is 6. The molecule has 1 aliphatic heterocycles. The van der Waals surface area contributed by atoms with Crippen LogP contribution >= 0.6 is 0 Å². The minimum atomic E-state index is -3.82. The summed E-state index contributed by atoms with van der Waals surface area (Å²) in [5.74, 6) is 0.170. The van der Waals surface area contributed by atoms with Crippen LogP contribution in [0.4, 0.5) is 0 Å². The van der Waals surface area contributed by atoms with Gasteiger partial charge >= 0.3 is 0 Å². The van der Waals surface area contributed by atoms with E-state index in [9.17, 15) is 21.6 Å². The third-order valence-electron chi connectivity index (χ3n) is 5.81. The molecule has 1 amide bonds. The average Bonchev–Trinajstić information content (AvgIpc) is 3.39. The van der Waals surface area contributed by atoms with Crippen molar-refractivity contribution < 1.29 is 26.4 Å². The lowest BCUT2D eigenvalue weighted by Gasteiger charge is -2.20. The molecule has 0 unspecified atom stereocenters. The summed E-state index contributed by atoms with van der Waals surface area (Å²) in [5, 5.41) is 2.74. The van der Waals surface area contributed by atoms with Crippen molar-refractivity contribution in [1.29, 1.82) is 0 Å². The maximum atomic E-state index is 12.9. The molecule has 1 saturated heterocycles. The van der Waals surface area contributed by atoms with Crippen molar-refractivity contribution in [3.05, 3.63) is 54.1 Å². The highest BCUT2D eigenvalue weighted by molar-refractivity contribution is 7.89. The minimum Gasteiger partial charge on any atom is -0.494 e. The molecule has 0 spiro atoms. The number of hydrogen-bond donors (Lipinski definition) is 1. The summed E-state index contributed by atoms with van der Waals surface area (Å²) in [6.45, 7) is 5.27. The van der Waals surface area contributed by atoms with Crippen molar-refractivity contribution in [2.24, 2.45) is 0 Å². The highest BCUT2D eigenvalue weighted by Gasteiger charge is 2.27. The summed E-state index contributed by atoms with van der Waals surface area (Å²) in [4.78, 5) is 12.8. The largest absolute Gasteiger partial charge is 0.494 e. The molecule has 0 bridgehead atoms. The Kier molecular flexibility index (Phi) is 9.28. The van der Waals surface area contributed by atoms with E-state index in [2.05, 4.69) is 5.32 Å². The standard InChI is InChI=1S/C24H33N3O6S2/c1-3-26(34(29,30)23-13-9-21(10-14-23)33-4-2)19-24(28)25-16-15-20-7-11-22(12-8-20)35(31,32)27-17-5-6-18-27/h7-14H,3-6,15-19H2,1-2H3,(H,25,28). The number of nitrogens with zero attached hydrogens (tertiary/aromatic N) is 2. The Labute approximate surface area is 208 Å². The van der Waals surface area contributed by atoms with Crippen LogP contribution in [0.2, 0.25) is 0 Å². The third kappa shape index (κ3) is 6.81. The zero-order chi connectivity index (χ0) is 25.5. The van der Waals surface area contributed by atoms with Crippen molar-refractivity contribution in [1.82, 2.24) is 13.9 Å². The number of benzene rings is 2. The Hall–Kier alpha value is -2.47. The van der Waals surface area contributed by atoms with E-state index < -0.39 is 26.0 Å². The van der Waals surface area contributed by atoms with Gasteiger partial charge in [-0.05, 0) is 68.1 Å². The van der Waals surface area contributed by atoms with Crippen molar-refractivity contribution in [3.8, 4) is 5.75 Å². The highest BCUT2D eigenvalue weighted by Crippen LogP contribution is 2.21. The predicted molar refractivity (Wildman–Crippen MR) is 133 cm³/mol. The summed E-state index contributed by atoms with van der Waals surface area (Å²) >= 11 is 0. The number of carbonyl (C=O) groups is 1. The first kappa shape index (κ1) is 27.1. The van der Waals surface area contributed by atoms with E-state index in [4.69, 9.17) is 4.74 Å². The molecule has 1 heterocycles. The fourth-order valence-corrected chi connectivity index (χ4v) is 6.78. The number of carbonyl (C=O) groups excluding carboxylic acids is 1. The lowest BCUT2D eigenvalue weighted by atomic mass is 10.1. The van der Waals surface area contributed by atoms with Gasteiger partial charge in [0.05, 0.1) is 22.9 Å². The Morgan fingerprint density at radius 3 is 2.11 bits per heavy atom. The van der Waals surface area contributed by atoms with E-state index in [1.54, 1.807) is 43.3 Å². The van der Waals surface area contributed by atoms with Gasteiger partial charge in [-0.3, -0.25) is 4.79 Å². The quantitative estimate of drug-likeness (QED) is 0.457. The van der Waals surface area contributed by atoms with E-state index in [1.807, 2.05) is 6.92 Å². The van der Waals surface area contributed by atoms with Crippen LogP contribution in [0.25, 0.3) is 0 Å². The molecule has 0 aromatic heterocycles. The molecule has 9 nitrogen and oxygen atoms in total. The van der Waals surface area contributed by atoms with E-state index >= 15 is 0 Å².